The average molecular weight is 253 g/mol. The fraction of sp³-hybridized carbons (Fsp3) is 0.417. The number of ether oxygens (including phenoxy) is 2. The van der Waals surface area contributed by atoms with Gasteiger partial charge in [-0.25, -0.2) is 0 Å². The molecule has 0 N–H and O–H groups in total. The summed E-state index contributed by atoms with van der Waals surface area (Å²) in [5.74, 6) is 0.368. The molecular weight excluding hydrogens is 238 g/mol. The first kappa shape index (κ1) is 14.0. The van der Waals surface area contributed by atoms with Crippen LogP contribution in [0.25, 0.3) is 0 Å². The minimum Gasteiger partial charge on any atom is -0.490 e. The summed E-state index contributed by atoms with van der Waals surface area (Å²) >= 11 is 0. The number of Topliss-reactive ketones (excluding diaryl/α,β-unsaturated/α-hetero) is 1. The minimum absolute atomic E-state index is 0.0616. The summed E-state index contributed by atoms with van der Waals surface area (Å²) < 4.78 is 10.2. The molecule has 1 aromatic rings. The Morgan fingerprint density at radius 1 is 1.50 bits per heavy atom. The molecule has 1 atom stereocenters. The zero-order chi connectivity index (χ0) is 13.7. The van der Waals surface area contributed by atoms with Gasteiger partial charge in [0.15, 0.2) is 17.6 Å². The van der Waals surface area contributed by atoms with E-state index >= 15 is 0 Å². The second kappa shape index (κ2) is 6.00. The lowest BCUT2D eigenvalue weighted by Gasteiger charge is -2.13. The number of ketones is 1. The molecule has 1 unspecified atom stereocenters. The van der Waals surface area contributed by atoms with E-state index in [1.54, 1.807) is 13.8 Å². The Bertz CT molecular complexity index is 458. The largest absolute Gasteiger partial charge is 0.490 e. The topological polar surface area (TPSA) is 78.7 Å². The van der Waals surface area contributed by atoms with Crippen molar-refractivity contribution in [3.63, 3.8) is 0 Å². The van der Waals surface area contributed by atoms with Gasteiger partial charge in [0.05, 0.1) is 18.1 Å². The van der Waals surface area contributed by atoms with Crippen molar-refractivity contribution in [2.45, 2.75) is 26.4 Å². The molecule has 0 saturated carbocycles. The van der Waals surface area contributed by atoms with Crippen LogP contribution in [-0.2, 0) is 4.79 Å². The van der Waals surface area contributed by atoms with Crippen LogP contribution in [0.2, 0.25) is 0 Å². The SMILES string of the molecule is CCC(=O)C(C)Oc1ccc(OC)c([N+](=O)[O-])c1. The first-order valence-electron chi connectivity index (χ1n) is 5.51. The second-order valence-corrected chi connectivity index (χ2v) is 3.67. The third-order valence-electron chi connectivity index (χ3n) is 2.46. The van der Waals surface area contributed by atoms with Gasteiger partial charge in [0.25, 0.3) is 0 Å². The molecule has 98 valence electrons. The molecule has 6 heteroatoms. The normalized spacial score (nSPS) is 11.7. The Labute approximate surface area is 105 Å². The van der Waals surface area contributed by atoms with Gasteiger partial charge in [0.2, 0.25) is 0 Å². The maximum absolute atomic E-state index is 11.4. The lowest BCUT2D eigenvalue weighted by atomic mass is 10.2. The summed E-state index contributed by atoms with van der Waals surface area (Å²) in [6, 6.07) is 4.22. The summed E-state index contributed by atoms with van der Waals surface area (Å²) in [6.07, 6.45) is -0.262. The van der Waals surface area contributed by atoms with Crippen LogP contribution in [0.4, 0.5) is 5.69 Å². The number of hydrogen-bond acceptors (Lipinski definition) is 5. The average Bonchev–Trinajstić information content (AvgIpc) is 2.37. The van der Waals surface area contributed by atoms with E-state index in [-0.39, 0.29) is 23.0 Å². The molecule has 6 nitrogen and oxygen atoms in total. The molecule has 0 amide bonds. The van der Waals surface area contributed by atoms with Crippen LogP contribution in [-0.4, -0.2) is 23.9 Å². The predicted octanol–water partition coefficient (Wildman–Crippen LogP) is 2.35. The highest BCUT2D eigenvalue weighted by molar-refractivity contribution is 5.82. The van der Waals surface area contributed by atoms with Gasteiger partial charge < -0.3 is 9.47 Å². The standard InChI is InChI=1S/C12H15NO5/c1-4-11(14)8(2)18-9-5-6-12(17-3)10(7-9)13(15)16/h5-8H,4H2,1-3H3. The van der Waals surface area contributed by atoms with E-state index in [9.17, 15) is 14.9 Å². The number of hydrogen-bond donors (Lipinski definition) is 0. The van der Waals surface area contributed by atoms with E-state index in [0.717, 1.165) is 0 Å². The number of methoxy groups -OCH3 is 1. The zero-order valence-corrected chi connectivity index (χ0v) is 10.5. The first-order chi connectivity index (χ1) is 8.49. The van der Waals surface area contributed by atoms with Gasteiger partial charge in [0.1, 0.15) is 5.75 Å². The summed E-state index contributed by atoms with van der Waals surface area (Å²) in [5, 5.41) is 10.8. The minimum atomic E-state index is -0.622. The molecule has 1 rings (SSSR count). The maximum Gasteiger partial charge on any atom is 0.314 e. The summed E-state index contributed by atoms with van der Waals surface area (Å²) in [5.41, 5.74) is -0.189. The quantitative estimate of drug-likeness (QED) is 0.574. The van der Waals surface area contributed by atoms with Crippen molar-refractivity contribution in [2.24, 2.45) is 0 Å². The summed E-state index contributed by atoms with van der Waals surface area (Å²) in [6.45, 7) is 3.35. The number of carbonyl (C=O) groups is 1. The van der Waals surface area contributed by atoms with Crippen molar-refractivity contribution in [3.8, 4) is 11.5 Å². The molecule has 0 saturated heterocycles. The monoisotopic (exact) mass is 253 g/mol. The van der Waals surface area contributed by atoms with Crippen molar-refractivity contribution in [1.29, 1.82) is 0 Å². The third kappa shape index (κ3) is 3.19. The molecule has 1 aromatic carbocycles. The molecule has 0 aromatic heterocycles. The molecule has 0 fully saturated rings. The summed E-state index contributed by atoms with van der Waals surface area (Å²) in [7, 11) is 1.35. The molecule has 0 heterocycles. The van der Waals surface area contributed by atoms with E-state index < -0.39 is 11.0 Å². The van der Waals surface area contributed by atoms with Crippen molar-refractivity contribution in [1.82, 2.24) is 0 Å². The molecule has 0 aliphatic carbocycles. The Kier molecular flexibility index (Phi) is 4.65. The molecule has 0 bridgehead atoms. The van der Waals surface area contributed by atoms with Crippen LogP contribution < -0.4 is 9.47 Å². The van der Waals surface area contributed by atoms with Crippen LogP contribution in [0.5, 0.6) is 11.5 Å². The fourth-order valence-electron chi connectivity index (χ4n) is 1.44. The van der Waals surface area contributed by atoms with Crippen LogP contribution in [0.3, 0.4) is 0 Å². The highest BCUT2D eigenvalue weighted by Gasteiger charge is 2.18. The lowest BCUT2D eigenvalue weighted by Crippen LogP contribution is -2.22. The van der Waals surface area contributed by atoms with Gasteiger partial charge in [-0.2, -0.15) is 0 Å². The number of benzene rings is 1. The Balaban J connectivity index is 2.95. The molecule has 0 aliphatic heterocycles. The van der Waals surface area contributed by atoms with Gasteiger partial charge in [-0.05, 0) is 19.1 Å². The van der Waals surface area contributed by atoms with Gasteiger partial charge in [-0.3, -0.25) is 14.9 Å². The van der Waals surface area contributed by atoms with Crippen LogP contribution in [0.1, 0.15) is 20.3 Å². The number of carbonyl (C=O) groups excluding carboxylic acids is 1. The third-order valence-corrected chi connectivity index (χ3v) is 2.46. The van der Waals surface area contributed by atoms with E-state index in [1.165, 1.54) is 25.3 Å². The molecular formula is C12H15NO5. The number of rotatable bonds is 6. The van der Waals surface area contributed by atoms with Crippen LogP contribution in [0.15, 0.2) is 18.2 Å². The Hall–Kier alpha value is -2.11. The van der Waals surface area contributed by atoms with Gasteiger partial charge in [-0.1, -0.05) is 6.92 Å². The van der Waals surface area contributed by atoms with Gasteiger partial charge in [-0.15, -0.1) is 0 Å². The summed E-state index contributed by atoms with van der Waals surface area (Å²) in [4.78, 5) is 21.6. The predicted molar refractivity (Wildman–Crippen MR) is 65.0 cm³/mol. The second-order valence-electron chi connectivity index (χ2n) is 3.67. The van der Waals surface area contributed by atoms with Gasteiger partial charge >= 0.3 is 5.69 Å². The first-order valence-corrected chi connectivity index (χ1v) is 5.51. The molecule has 0 radical (unpaired) electrons. The van der Waals surface area contributed by atoms with Gasteiger partial charge in [0, 0.05) is 6.42 Å². The van der Waals surface area contributed by atoms with Crippen molar-refractivity contribution < 1.29 is 19.2 Å². The number of nitrogens with zero attached hydrogens (tertiary/aromatic N) is 1. The molecule has 0 aliphatic rings. The van der Waals surface area contributed by atoms with Crippen molar-refractivity contribution >= 4 is 11.5 Å². The molecule has 0 spiro atoms. The van der Waals surface area contributed by atoms with Crippen LogP contribution >= 0.6 is 0 Å². The van der Waals surface area contributed by atoms with Crippen molar-refractivity contribution in [3.05, 3.63) is 28.3 Å². The van der Waals surface area contributed by atoms with E-state index in [1.807, 2.05) is 0 Å². The smallest absolute Gasteiger partial charge is 0.314 e. The lowest BCUT2D eigenvalue weighted by molar-refractivity contribution is -0.385. The zero-order valence-electron chi connectivity index (χ0n) is 10.5. The number of nitro groups is 1. The highest BCUT2D eigenvalue weighted by atomic mass is 16.6. The molecule has 18 heavy (non-hydrogen) atoms. The van der Waals surface area contributed by atoms with E-state index in [0.29, 0.717) is 6.42 Å². The number of nitro benzene ring substituents is 1. The fourth-order valence-corrected chi connectivity index (χ4v) is 1.44. The van der Waals surface area contributed by atoms with Crippen LogP contribution in [0, 0.1) is 10.1 Å². The maximum atomic E-state index is 11.4. The highest BCUT2D eigenvalue weighted by Crippen LogP contribution is 2.31. The van der Waals surface area contributed by atoms with E-state index in [4.69, 9.17) is 9.47 Å². The van der Waals surface area contributed by atoms with Crippen molar-refractivity contribution in [2.75, 3.05) is 7.11 Å². The van der Waals surface area contributed by atoms with E-state index in [2.05, 4.69) is 0 Å². The Morgan fingerprint density at radius 2 is 2.17 bits per heavy atom. The Morgan fingerprint density at radius 3 is 2.67 bits per heavy atom.